The SMILES string of the molecule is CN(C)c1ccc(-c2nc3ccc4ccccc4c3c3c2CNCC3)cc1. The van der Waals surface area contributed by atoms with Crippen molar-refractivity contribution in [2.75, 3.05) is 25.5 Å². The smallest absolute Gasteiger partial charge is 0.0757 e. The van der Waals surface area contributed by atoms with E-state index in [1.165, 1.54) is 38.5 Å². The molecule has 0 saturated carbocycles. The Hall–Kier alpha value is -2.91. The molecule has 27 heavy (non-hydrogen) atoms. The monoisotopic (exact) mass is 353 g/mol. The second kappa shape index (κ2) is 6.36. The predicted octanol–water partition coefficient (Wildman–Crippen LogP) is 4.77. The van der Waals surface area contributed by atoms with E-state index in [1.54, 1.807) is 0 Å². The first-order valence-electron chi connectivity index (χ1n) is 9.54. The number of pyridine rings is 1. The van der Waals surface area contributed by atoms with E-state index in [9.17, 15) is 0 Å². The van der Waals surface area contributed by atoms with E-state index in [0.717, 1.165) is 30.7 Å². The topological polar surface area (TPSA) is 28.2 Å². The quantitative estimate of drug-likeness (QED) is 0.526. The normalized spacial score (nSPS) is 13.7. The maximum atomic E-state index is 5.13. The zero-order valence-corrected chi connectivity index (χ0v) is 15.8. The summed E-state index contributed by atoms with van der Waals surface area (Å²) in [6, 6.07) is 21.8. The molecule has 5 rings (SSSR count). The van der Waals surface area contributed by atoms with Gasteiger partial charge >= 0.3 is 0 Å². The summed E-state index contributed by atoms with van der Waals surface area (Å²) >= 11 is 0. The van der Waals surface area contributed by atoms with E-state index in [2.05, 4.69) is 85.0 Å². The van der Waals surface area contributed by atoms with Gasteiger partial charge in [0.15, 0.2) is 0 Å². The van der Waals surface area contributed by atoms with Crippen LogP contribution >= 0.6 is 0 Å². The number of anilines is 1. The van der Waals surface area contributed by atoms with Gasteiger partial charge in [-0.2, -0.15) is 0 Å². The number of hydrogen-bond donors (Lipinski definition) is 1. The van der Waals surface area contributed by atoms with Crippen molar-refractivity contribution in [1.29, 1.82) is 0 Å². The van der Waals surface area contributed by atoms with Crippen molar-refractivity contribution in [3.8, 4) is 11.3 Å². The maximum Gasteiger partial charge on any atom is 0.0757 e. The lowest BCUT2D eigenvalue weighted by Crippen LogP contribution is -2.25. The maximum absolute atomic E-state index is 5.13. The number of benzene rings is 3. The van der Waals surface area contributed by atoms with Gasteiger partial charge in [-0.25, -0.2) is 4.98 Å². The fraction of sp³-hybridized carbons (Fsp3) is 0.208. The van der Waals surface area contributed by atoms with Crippen molar-refractivity contribution in [2.24, 2.45) is 0 Å². The minimum absolute atomic E-state index is 0.881. The van der Waals surface area contributed by atoms with Crippen LogP contribution in [0.15, 0.2) is 60.7 Å². The van der Waals surface area contributed by atoms with Crippen molar-refractivity contribution < 1.29 is 0 Å². The number of fused-ring (bicyclic) bond motifs is 5. The van der Waals surface area contributed by atoms with Crippen LogP contribution in [0.3, 0.4) is 0 Å². The van der Waals surface area contributed by atoms with Gasteiger partial charge in [0.1, 0.15) is 0 Å². The van der Waals surface area contributed by atoms with Crippen molar-refractivity contribution >= 4 is 27.4 Å². The molecular formula is C24H23N3. The first kappa shape index (κ1) is 16.3. The van der Waals surface area contributed by atoms with Crippen LogP contribution in [0.5, 0.6) is 0 Å². The summed E-state index contributed by atoms with van der Waals surface area (Å²) in [5, 5.41) is 7.48. The van der Waals surface area contributed by atoms with Gasteiger partial charge in [-0.05, 0) is 53.1 Å². The van der Waals surface area contributed by atoms with E-state index in [-0.39, 0.29) is 0 Å². The van der Waals surface area contributed by atoms with E-state index in [0.29, 0.717) is 0 Å². The fourth-order valence-corrected chi connectivity index (χ4v) is 4.20. The van der Waals surface area contributed by atoms with Crippen LogP contribution in [0.25, 0.3) is 32.9 Å². The van der Waals surface area contributed by atoms with Crippen LogP contribution in [0, 0.1) is 0 Å². The van der Waals surface area contributed by atoms with Gasteiger partial charge in [0.25, 0.3) is 0 Å². The lowest BCUT2D eigenvalue weighted by Gasteiger charge is -2.23. The largest absolute Gasteiger partial charge is 0.378 e. The molecule has 0 aliphatic carbocycles. The number of aromatic nitrogens is 1. The Morgan fingerprint density at radius 1 is 0.889 bits per heavy atom. The van der Waals surface area contributed by atoms with Crippen LogP contribution in [-0.2, 0) is 13.0 Å². The minimum Gasteiger partial charge on any atom is -0.378 e. The summed E-state index contributed by atoms with van der Waals surface area (Å²) in [5.74, 6) is 0. The third kappa shape index (κ3) is 2.66. The van der Waals surface area contributed by atoms with Crippen molar-refractivity contribution in [1.82, 2.24) is 10.3 Å². The zero-order valence-electron chi connectivity index (χ0n) is 15.8. The third-order valence-electron chi connectivity index (χ3n) is 5.60. The molecule has 4 aromatic rings. The summed E-state index contributed by atoms with van der Waals surface area (Å²) < 4.78 is 0. The minimum atomic E-state index is 0.881. The van der Waals surface area contributed by atoms with Gasteiger partial charge in [-0.3, -0.25) is 0 Å². The lowest BCUT2D eigenvalue weighted by molar-refractivity contribution is 0.646. The van der Waals surface area contributed by atoms with Gasteiger partial charge in [0.2, 0.25) is 0 Å². The molecule has 3 nitrogen and oxygen atoms in total. The number of nitrogens with one attached hydrogen (secondary N) is 1. The highest BCUT2D eigenvalue weighted by atomic mass is 15.1. The van der Waals surface area contributed by atoms with E-state index in [4.69, 9.17) is 4.98 Å². The Balaban J connectivity index is 1.80. The van der Waals surface area contributed by atoms with Crippen LogP contribution in [0.1, 0.15) is 11.1 Å². The molecule has 0 amide bonds. The van der Waals surface area contributed by atoms with Gasteiger partial charge < -0.3 is 10.2 Å². The molecule has 0 atom stereocenters. The summed E-state index contributed by atoms with van der Waals surface area (Å²) in [4.78, 5) is 7.26. The molecule has 1 aliphatic heterocycles. The van der Waals surface area contributed by atoms with Crippen LogP contribution in [0.4, 0.5) is 5.69 Å². The number of hydrogen-bond acceptors (Lipinski definition) is 3. The summed E-state index contributed by atoms with van der Waals surface area (Å²) in [7, 11) is 4.14. The molecule has 3 aromatic carbocycles. The van der Waals surface area contributed by atoms with E-state index < -0.39 is 0 Å². The molecule has 2 heterocycles. The highest BCUT2D eigenvalue weighted by Gasteiger charge is 2.20. The van der Waals surface area contributed by atoms with Crippen molar-refractivity contribution in [2.45, 2.75) is 13.0 Å². The molecule has 0 unspecified atom stereocenters. The van der Waals surface area contributed by atoms with Crippen LogP contribution in [-0.4, -0.2) is 25.6 Å². The van der Waals surface area contributed by atoms with Crippen molar-refractivity contribution in [3.63, 3.8) is 0 Å². The van der Waals surface area contributed by atoms with Gasteiger partial charge in [0, 0.05) is 37.3 Å². The lowest BCUT2D eigenvalue weighted by atomic mass is 9.90. The number of rotatable bonds is 2. The highest BCUT2D eigenvalue weighted by molar-refractivity contribution is 6.09. The molecule has 0 bridgehead atoms. The Morgan fingerprint density at radius 2 is 1.70 bits per heavy atom. The molecule has 0 saturated heterocycles. The van der Waals surface area contributed by atoms with Crippen LogP contribution < -0.4 is 10.2 Å². The van der Waals surface area contributed by atoms with Crippen molar-refractivity contribution in [3.05, 3.63) is 71.8 Å². The standard InChI is InChI=1S/C24H23N3/c1-27(2)18-10-7-17(8-11-18)24-21-15-25-14-13-20(21)23-19-6-4-3-5-16(19)9-12-22(23)26-24/h3-12,25H,13-15H2,1-2H3. The molecule has 0 fully saturated rings. The second-order valence-corrected chi connectivity index (χ2v) is 7.47. The number of nitrogens with zero attached hydrogens (tertiary/aromatic N) is 2. The summed E-state index contributed by atoms with van der Waals surface area (Å²) in [5.41, 5.74) is 7.42. The zero-order chi connectivity index (χ0) is 18.4. The third-order valence-corrected chi connectivity index (χ3v) is 5.60. The van der Waals surface area contributed by atoms with E-state index in [1.807, 2.05) is 0 Å². The Kier molecular flexibility index (Phi) is 3.83. The first-order valence-corrected chi connectivity index (χ1v) is 9.54. The summed E-state index contributed by atoms with van der Waals surface area (Å²) in [6.07, 6.45) is 1.05. The molecule has 0 radical (unpaired) electrons. The molecule has 1 aliphatic rings. The molecule has 0 spiro atoms. The summed E-state index contributed by atoms with van der Waals surface area (Å²) in [6.45, 7) is 1.90. The molecule has 1 N–H and O–H groups in total. The molecule has 134 valence electrons. The predicted molar refractivity (Wildman–Crippen MR) is 114 cm³/mol. The highest BCUT2D eigenvalue weighted by Crippen LogP contribution is 2.36. The molecule has 3 heteroatoms. The van der Waals surface area contributed by atoms with Gasteiger partial charge in [0.05, 0.1) is 11.2 Å². The van der Waals surface area contributed by atoms with Gasteiger partial charge in [-0.1, -0.05) is 42.5 Å². The fourth-order valence-electron chi connectivity index (χ4n) is 4.20. The van der Waals surface area contributed by atoms with E-state index >= 15 is 0 Å². The average Bonchev–Trinajstić information content (AvgIpc) is 2.73. The first-order chi connectivity index (χ1) is 13.2. The average molecular weight is 353 g/mol. The second-order valence-electron chi connectivity index (χ2n) is 7.47. The Morgan fingerprint density at radius 3 is 2.52 bits per heavy atom. The Bertz CT molecular complexity index is 1140. The van der Waals surface area contributed by atoms with Crippen LogP contribution in [0.2, 0.25) is 0 Å². The van der Waals surface area contributed by atoms with Gasteiger partial charge in [-0.15, -0.1) is 0 Å². The molecular weight excluding hydrogens is 330 g/mol. The molecule has 1 aromatic heterocycles. The Labute approximate surface area is 159 Å².